The third-order valence-electron chi connectivity index (χ3n) is 2.52. The van der Waals surface area contributed by atoms with E-state index in [0.717, 1.165) is 12.8 Å². The largest absolute Gasteiger partial charge is 0.458 e. The van der Waals surface area contributed by atoms with E-state index in [1.165, 1.54) is 11.8 Å². The molecule has 0 aliphatic carbocycles. The van der Waals surface area contributed by atoms with Crippen LogP contribution in [-0.4, -0.2) is 47.0 Å². The normalized spacial score (nSPS) is 20.5. The number of hydrogen-bond acceptors (Lipinski definition) is 4. The van der Waals surface area contributed by atoms with Crippen LogP contribution in [0.5, 0.6) is 0 Å². The minimum absolute atomic E-state index is 0.0332. The van der Waals surface area contributed by atoms with Gasteiger partial charge < -0.3 is 9.64 Å². The summed E-state index contributed by atoms with van der Waals surface area (Å²) in [6.45, 7) is 6.19. The molecule has 0 aromatic heterocycles. The molecular formula is C12H21NO3S. The zero-order chi connectivity index (χ0) is 13.1. The Morgan fingerprint density at radius 3 is 2.59 bits per heavy atom. The summed E-state index contributed by atoms with van der Waals surface area (Å²) in [5, 5.41) is 0. The van der Waals surface area contributed by atoms with Gasteiger partial charge in [0.15, 0.2) is 0 Å². The van der Waals surface area contributed by atoms with Gasteiger partial charge in [-0.15, -0.1) is 0 Å². The first-order chi connectivity index (χ1) is 7.85. The van der Waals surface area contributed by atoms with Crippen LogP contribution in [0, 0.1) is 0 Å². The molecule has 5 heteroatoms. The van der Waals surface area contributed by atoms with Gasteiger partial charge in [0.25, 0.3) is 0 Å². The lowest BCUT2D eigenvalue weighted by molar-refractivity contribution is -0.162. The molecule has 0 unspecified atom stereocenters. The average molecular weight is 259 g/mol. The van der Waals surface area contributed by atoms with E-state index in [1.807, 2.05) is 27.0 Å². The number of esters is 1. The highest BCUT2D eigenvalue weighted by Gasteiger charge is 2.36. The van der Waals surface area contributed by atoms with Gasteiger partial charge in [0.05, 0.1) is 5.75 Å². The maximum Gasteiger partial charge on any atom is 0.329 e. The van der Waals surface area contributed by atoms with Crippen LogP contribution in [0.1, 0.15) is 33.6 Å². The highest BCUT2D eigenvalue weighted by Crippen LogP contribution is 2.21. The molecule has 1 fully saturated rings. The first kappa shape index (κ1) is 14.4. The molecule has 0 bridgehead atoms. The quantitative estimate of drug-likeness (QED) is 0.724. The molecule has 1 saturated heterocycles. The summed E-state index contributed by atoms with van der Waals surface area (Å²) in [4.78, 5) is 25.4. The summed E-state index contributed by atoms with van der Waals surface area (Å²) in [7, 11) is 0. The lowest BCUT2D eigenvalue weighted by Crippen LogP contribution is -2.44. The molecule has 0 spiro atoms. The fourth-order valence-electron chi connectivity index (χ4n) is 1.89. The van der Waals surface area contributed by atoms with E-state index >= 15 is 0 Å². The number of amides is 1. The molecule has 1 amide bonds. The molecule has 0 saturated carbocycles. The van der Waals surface area contributed by atoms with Crippen molar-refractivity contribution in [1.82, 2.24) is 4.90 Å². The predicted octanol–water partition coefficient (Wildman–Crippen LogP) is 1.68. The van der Waals surface area contributed by atoms with Gasteiger partial charge in [-0.05, 0) is 39.9 Å². The summed E-state index contributed by atoms with van der Waals surface area (Å²) in [6.07, 6.45) is 3.48. The fraction of sp³-hybridized carbons (Fsp3) is 0.833. The van der Waals surface area contributed by atoms with E-state index in [0.29, 0.717) is 12.3 Å². The lowest BCUT2D eigenvalue weighted by atomic mass is 10.1. The second-order valence-corrected chi connectivity index (χ2v) is 6.08. The number of carbonyl (C=O) groups is 2. The molecule has 0 aromatic rings. The van der Waals surface area contributed by atoms with Crippen LogP contribution in [0.25, 0.3) is 0 Å². The number of nitrogens with zero attached hydrogens (tertiary/aromatic N) is 1. The van der Waals surface area contributed by atoms with Crippen LogP contribution >= 0.6 is 11.8 Å². The fourth-order valence-corrected chi connectivity index (χ4v) is 2.30. The van der Waals surface area contributed by atoms with Gasteiger partial charge in [-0.1, -0.05) is 0 Å². The third kappa shape index (κ3) is 4.22. The Morgan fingerprint density at radius 2 is 2.06 bits per heavy atom. The van der Waals surface area contributed by atoms with Crippen molar-refractivity contribution < 1.29 is 14.3 Å². The number of hydrogen-bond donors (Lipinski definition) is 0. The zero-order valence-corrected chi connectivity index (χ0v) is 11.8. The van der Waals surface area contributed by atoms with Crippen molar-refractivity contribution in [3.05, 3.63) is 0 Å². The third-order valence-corrected chi connectivity index (χ3v) is 3.06. The van der Waals surface area contributed by atoms with Gasteiger partial charge in [0, 0.05) is 6.54 Å². The number of ether oxygens (including phenoxy) is 1. The Morgan fingerprint density at radius 1 is 1.41 bits per heavy atom. The minimum atomic E-state index is -0.492. The summed E-state index contributed by atoms with van der Waals surface area (Å²) >= 11 is 1.48. The van der Waals surface area contributed by atoms with E-state index in [9.17, 15) is 9.59 Å². The molecule has 0 radical (unpaired) electrons. The number of thioether (sulfide) groups is 1. The van der Waals surface area contributed by atoms with E-state index in [-0.39, 0.29) is 17.9 Å². The maximum absolute atomic E-state index is 12.0. The molecule has 1 atom stereocenters. The van der Waals surface area contributed by atoms with Gasteiger partial charge in [0.2, 0.25) is 5.91 Å². The van der Waals surface area contributed by atoms with Gasteiger partial charge in [-0.3, -0.25) is 4.79 Å². The Kier molecular flexibility index (Phi) is 4.86. The highest BCUT2D eigenvalue weighted by atomic mass is 32.2. The molecule has 0 N–H and O–H groups in total. The van der Waals surface area contributed by atoms with Gasteiger partial charge in [0.1, 0.15) is 11.6 Å². The SMILES string of the molecule is CSCC(=O)N1CCC[C@@H]1C(=O)OC(C)(C)C. The monoisotopic (exact) mass is 259 g/mol. The number of carbonyl (C=O) groups excluding carboxylic acids is 2. The highest BCUT2D eigenvalue weighted by molar-refractivity contribution is 7.99. The molecule has 0 aromatic carbocycles. The standard InChI is InChI=1S/C12H21NO3S/c1-12(2,3)16-11(15)9-6-5-7-13(9)10(14)8-17-4/h9H,5-8H2,1-4H3/t9-/m1/s1. The first-order valence-corrected chi connectivity index (χ1v) is 7.26. The molecular weight excluding hydrogens is 238 g/mol. The average Bonchev–Trinajstić information content (AvgIpc) is 2.63. The molecule has 1 heterocycles. The summed E-state index contributed by atoms with van der Waals surface area (Å²) in [5.41, 5.74) is -0.492. The maximum atomic E-state index is 12.0. The topological polar surface area (TPSA) is 46.6 Å². The van der Waals surface area contributed by atoms with Crippen LogP contribution in [0.2, 0.25) is 0 Å². The minimum Gasteiger partial charge on any atom is -0.458 e. The van der Waals surface area contributed by atoms with E-state index < -0.39 is 5.60 Å². The molecule has 17 heavy (non-hydrogen) atoms. The molecule has 98 valence electrons. The zero-order valence-electron chi connectivity index (χ0n) is 11.0. The van der Waals surface area contributed by atoms with Crippen molar-refractivity contribution in [2.45, 2.75) is 45.3 Å². The van der Waals surface area contributed by atoms with E-state index in [1.54, 1.807) is 4.90 Å². The molecule has 1 aliphatic heterocycles. The Hall–Kier alpha value is -0.710. The Labute approximate surface area is 107 Å². The first-order valence-electron chi connectivity index (χ1n) is 5.86. The molecule has 1 aliphatic rings. The summed E-state index contributed by atoms with van der Waals surface area (Å²) in [5.74, 6) is 0.189. The summed E-state index contributed by atoms with van der Waals surface area (Å²) in [6, 6.07) is -0.381. The Bertz CT molecular complexity index is 299. The van der Waals surface area contributed by atoms with Crippen molar-refractivity contribution >= 4 is 23.6 Å². The van der Waals surface area contributed by atoms with Crippen molar-refractivity contribution in [3.8, 4) is 0 Å². The van der Waals surface area contributed by atoms with Crippen LogP contribution in [0.15, 0.2) is 0 Å². The van der Waals surface area contributed by atoms with Crippen molar-refractivity contribution in [2.24, 2.45) is 0 Å². The van der Waals surface area contributed by atoms with E-state index in [2.05, 4.69) is 0 Å². The van der Waals surface area contributed by atoms with Crippen molar-refractivity contribution in [2.75, 3.05) is 18.6 Å². The lowest BCUT2D eigenvalue weighted by Gasteiger charge is -2.27. The predicted molar refractivity (Wildman–Crippen MR) is 69.0 cm³/mol. The molecule has 1 rings (SSSR count). The van der Waals surface area contributed by atoms with Gasteiger partial charge in [-0.2, -0.15) is 11.8 Å². The van der Waals surface area contributed by atoms with Crippen molar-refractivity contribution in [1.29, 1.82) is 0 Å². The van der Waals surface area contributed by atoms with Gasteiger partial charge >= 0.3 is 5.97 Å². The van der Waals surface area contributed by atoms with Crippen LogP contribution in [0.4, 0.5) is 0 Å². The van der Waals surface area contributed by atoms with Crippen LogP contribution in [0.3, 0.4) is 0 Å². The van der Waals surface area contributed by atoms with Gasteiger partial charge in [-0.25, -0.2) is 4.79 Å². The summed E-state index contributed by atoms with van der Waals surface area (Å²) < 4.78 is 5.34. The molecule has 4 nitrogen and oxygen atoms in total. The smallest absolute Gasteiger partial charge is 0.329 e. The van der Waals surface area contributed by atoms with Crippen LogP contribution < -0.4 is 0 Å². The second kappa shape index (κ2) is 5.76. The van der Waals surface area contributed by atoms with Crippen LogP contribution in [-0.2, 0) is 14.3 Å². The Balaban J connectivity index is 2.63. The van der Waals surface area contributed by atoms with E-state index in [4.69, 9.17) is 4.74 Å². The van der Waals surface area contributed by atoms with Crippen molar-refractivity contribution in [3.63, 3.8) is 0 Å². The second-order valence-electron chi connectivity index (χ2n) is 5.21. The number of rotatable bonds is 3. The number of likely N-dealkylation sites (tertiary alicyclic amines) is 1.